The van der Waals surface area contributed by atoms with Gasteiger partial charge in [-0.3, -0.25) is 14.4 Å². The fourth-order valence-electron chi connectivity index (χ4n) is 6.08. The van der Waals surface area contributed by atoms with Crippen molar-refractivity contribution >= 4 is 35.0 Å². The van der Waals surface area contributed by atoms with Crippen LogP contribution in [0, 0.1) is 24.7 Å². The topological polar surface area (TPSA) is 108 Å². The van der Waals surface area contributed by atoms with Crippen LogP contribution in [-0.4, -0.2) is 64.7 Å². The summed E-state index contributed by atoms with van der Waals surface area (Å²) in [5.41, 5.74) is -0.775. The second kappa shape index (κ2) is 7.71. The van der Waals surface area contributed by atoms with Gasteiger partial charge < -0.3 is 25.4 Å². The minimum atomic E-state index is -1.16. The highest BCUT2D eigenvalue weighted by molar-refractivity contribution is 6.34. The van der Waals surface area contributed by atoms with Gasteiger partial charge in [0.2, 0.25) is 17.7 Å². The number of fused-ring (bicyclic) bond motifs is 1. The van der Waals surface area contributed by atoms with Crippen LogP contribution in [0.4, 0.5) is 5.69 Å². The van der Waals surface area contributed by atoms with Gasteiger partial charge in [0.25, 0.3) is 0 Å². The van der Waals surface area contributed by atoms with Crippen molar-refractivity contribution in [1.82, 2.24) is 10.2 Å². The normalized spacial score (nSPS) is 36.2. The molecule has 1 aromatic rings. The molecule has 3 saturated heterocycles. The lowest BCUT2D eigenvalue weighted by Gasteiger charge is -2.36. The summed E-state index contributed by atoms with van der Waals surface area (Å²) in [6, 6.07) is 3.68. The van der Waals surface area contributed by atoms with Gasteiger partial charge in [-0.1, -0.05) is 30.7 Å². The molecule has 3 amide bonds. The van der Waals surface area contributed by atoms with Gasteiger partial charge in [-0.25, -0.2) is 0 Å². The van der Waals surface area contributed by atoms with Crippen LogP contribution in [-0.2, 0) is 19.1 Å². The molecule has 1 aromatic carbocycles. The van der Waals surface area contributed by atoms with E-state index in [2.05, 4.69) is 10.6 Å². The largest absolute Gasteiger partial charge is 0.394 e. The lowest BCUT2D eigenvalue weighted by atomic mass is 9.62. The van der Waals surface area contributed by atoms with Gasteiger partial charge >= 0.3 is 0 Å². The van der Waals surface area contributed by atoms with Crippen LogP contribution in [0.25, 0.3) is 0 Å². The Balaban J connectivity index is 1.82. The molecule has 9 heteroatoms. The standard InChI is InChI=1S/C23H30ClN3O5/c1-11-7-6-8-14(24)17(11)26-20(30)18-23-9-12(2)22(4,32-23)15(19(29)25-5)16(23)21(31)27(18)13(3)10-28/h6-8,12-13,15-16,18,28H,9-10H2,1-5H3,(H,25,29)(H,26,30)/t12?,13-,15+,16+,18?,22-,23?/m1/s1. The number of aliphatic hydroxyl groups is 1. The van der Waals surface area contributed by atoms with E-state index in [1.165, 1.54) is 11.9 Å². The van der Waals surface area contributed by atoms with Gasteiger partial charge in [-0.05, 0) is 44.7 Å². The second-order valence-corrected chi connectivity index (χ2v) is 9.92. The van der Waals surface area contributed by atoms with Gasteiger partial charge in [0.15, 0.2) is 0 Å². The zero-order valence-electron chi connectivity index (χ0n) is 18.9. The molecule has 4 rings (SSSR count). The van der Waals surface area contributed by atoms with Crippen molar-refractivity contribution in [2.75, 3.05) is 19.0 Å². The minimum Gasteiger partial charge on any atom is -0.394 e. The van der Waals surface area contributed by atoms with E-state index in [-0.39, 0.29) is 24.3 Å². The SMILES string of the molecule is CNC(=O)[C@@H]1[C@H]2C(=O)N([C@H](C)CO)C(C(=O)Nc3c(C)cccc3Cl)C23CC(C)[C@@]1(C)O3. The van der Waals surface area contributed by atoms with Crippen molar-refractivity contribution in [3.8, 4) is 0 Å². The number of hydrogen-bond acceptors (Lipinski definition) is 5. The summed E-state index contributed by atoms with van der Waals surface area (Å²) >= 11 is 6.33. The maximum atomic E-state index is 13.8. The van der Waals surface area contributed by atoms with Gasteiger partial charge in [-0.15, -0.1) is 0 Å². The van der Waals surface area contributed by atoms with Crippen molar-refractivity contribution in [1.29, 1.82) is 0 Å². The van der Waals surface area contributed by atoms with Crippen LogP contribution in [0.1, 0.15) is 32.8 Å². The summed E-state index contributed by atoms with van der Waals surface area (Å²) in [7, 11) is 1.53. The lowest BCUT2D eigenvalue weighted by Crippen LogP contribution is -2.56. The number of nitrogens with zero attached hydrogens (tertiary/aromatic N) is 1. The Morgan fingerprint density at radius 3 is 2.66 bits per heavy atom. The monoisotopic (exact) mass is 463 g/mol. The number of ether oxygens (including phenoxy) is 1. The average molecular weight is 464 g/mol. The molecule has 3 N–H and O–H groups in total. The van der Waals surface area contributed by atoms with E-state index in [1.807, 2.05) is 26.8 Å². The van der Waals surface area contributed by atoms with E-state index in [0.717, 1.165) is 5.56 Å². The number of benzene rings is 1. The van der Waals surface area contributed by atoms with Gasteiger partial charge in [0, 0.05) is 7.05 Å². The Morgan fingerprint density at radius 2 is 2.06 bits per heavy atom. The van der Waals surface area contributed by atoms with Crippen molar-refractivity contribution in [2.24, 2.45) is 17.8 Å². The Bertz CT molecular complexity index is 966. The predicted octanol–water partition coefficient (Wildman–Crippen LogP) is 1.72. The van der Waals surface area contributed by atoms with E-state index in [4.69, 9.17) is 16.3 Å². The Kier molecular flexibility index (Phi) is 5.55. The fourth-order valence-corrected chi connectivity index (χ4v) is 6.34. The summed E-state index contributed by atoms with van der Waals surface area (Å²) in [4.78, 5) is 41.8. The first kappa shape index (κ1) is 23.0. The van der Waals surface area contributed by atoms with Crippen molar-refractivity contribution < 1.29 is 24.2 Å². The van der Waals surface area contributed by atoms with E-state index in [1.54, 1.807) is 19.1 Å². The fraction of sp³-hybridized carbons (Fsp3) is 0.609. The Hall–Kier alpha value is -2.16. The number of carbonyl (C=O) groups is 3. The molecule has 2 bridgehead atoms. The number of amides is 3. The van der Waals surface area contributed by atoms with Crippen molar-refractivity contribution in [3.63, 3.8) is 0 Å². The van der Waals surface area contributed by atoms with E-state index >= 15 is 0 Å². The lowest BCUT2D eigenvalue weighted by molar-refractivity contribution is -0.148. The Morgan fingerprint density at radius 1 is 1.38 bits per heavy atom. The number of nitrogens with one attached hydrogen (secondary N) is 2. The summed E-state index contributed by atoms with van der Waals surface area (Å²) in [6.07, 6.45) is 0.460. The number of aryl methyl sites for hydroxylation is 1. The summed E-state index contributed by atoms with van der Waals surface area (Å²) in [5, 5.41) is 15.8. The number of likely N-dealkylation sites (tertiary alicyclic amines) is 1. The van der Waals surface area contributed by atoms with Crippen molar-refractivity contribution in [2.45, 2.75) is 57.4 Å². The third-order valence-electron chi connectivity index (χ3n) is 7.74. The highest BCUT2D eigenvalue weighted by Crippen LogP contribution is 2.65. The third kappa shape index (κ3) is 2.92. The Labute approximate surface area is 192 Å². The predicted molar refractivity (Wildman–Crippen MR) is 119 cm³/mol. The highest BCUT2D eigenvalue weighted by atomic mass is 35.5. The van der Waals surface area contributed by atoms with Crippen LogP contribution in [0.15, 0.2) is 18.2 Å². The molecule has 32 heavy (non-hydrogen) atoms. The first-order chi connectivity index (χ1) is 15.0. The molecule has 0 aliphatic carbocycles. The zero-order chi connectivity index (χ0) is 23.6. The highest BCUT2D eigenvalue weighted by Gasteiger charge is 2.80. The number of anilines is 1. The summed E-state index contributed by atoms with van der Waals surface area (Å²) in [5.74, 6) is -2.63. The molecule has 3 aliphatic rings. The van der Waals surface area contributed by atoms with E-state index < -0.39 is 41.0 Å². The van der Waals surface area contributed by atoms with Crippen LogP contribution in [0.5, 0.6) is 0 Å². The van der Waals surface area contributed by atoms with Crippen LogP contribution >= 0.6 is 11.6 Å². The third-order valence-corrected chi connectivity index (χ3v) is 8.05. The summed E-state index contributed by atoms with van der Waals surface area (Å²) < 4.78 is 6.55. The molecule has 174 valence electrons. The second-order valence-electron chi connectivity index (χ2n) is 9.52. The molecular formula is C23H30ClN3O5. The molecule has 0 saturated carbocycles. The molecule has 3 heterocycles. The molecule has 7 atom stereocenters. The van der Waals surface area contributed by atoms with Crippen LogP contribution in [0.3, 0.4) is 0 Å². The molecule has 0 radical (unpaired) electrons. The molecule has 3 unspecified atom stereocenters. The van der Waals surface area contributed by atoms with E-state index in [9.17, 15) is 19.5 Å². The van der Waals surface area contributed by atoms with Crippen LogP contribution < -0.4 is 10.6 Å². The number of hydrogen-bond donors (Lipinski definition) is 3. The van der Waals surface area contributed by atoms with Gasteiger partial charge in [-0.2, -0.15) is 0 Å². The maximum Gasteiger partial charge on any atom is 0.250 e. The molecule has 0 aromatic heterocycles. The molecule has 3 fully saturated rings. The average Bonchev–Trinajstić information content (AvgIpc) is 3.26. The summed E-state index contributed by atoms with van der Waals surface area (Å²) in [6.45, 7) is 7.03. The molecule has 8 nitrogen and oxygen atoms in total. The minimum absolute atomic E-state index is 0.0458. The number of carbonyl (C=O) groups excluding carboxylic acids is 3. The van der Waals surface area contributed by atoms with Gasteiger partial charge in [0.1, 0.15) is 11.6 Å². The molecular weight excluding hydrogens is 434 g/mol. The number of para-hydroxylation sites is 1. The molecule has 1 spiro atoms. The molecule has 3 aliphatic heterocycles. The zero-order valence-corrected chi connectivity index (χ0v) is 19.7. The smallest absolute Gasteiger partial charge is 0.250 e. The van der Waals surface area contributed by atoms with E-state index in [0.29, 0.717) is 17.1 Å². The maximum absolute atomic E-state index is 13.8. The number of aliphatic hydroxyl groups excluding tert-OH is 1. The first-order valence-corrected chi connectivity index (χ1v) is 11.3. The van der Waals surface area contributed by atoms with Crippen LogP contribution in [0.2, 0.25) is 5.02 Å². The first-order valence-electron chi connectivity index (χ1n) is 10.9. The number of rotatable bonds is 5. The number of halogens is 1. The quantitative estimate of drug-likeness (QED) is 0.616. The van der Waals surface area contributed by atoms with Crippen molar-refractivity contribution in [3.05, 3.63) is 28.8 Å². The van der Waals surface area contributed by atoms with Gasteiger partial charge in [0.05, 0.1) is 40.8 Å².